The highest BCUT2D eigenvalue weighted by Gasteiger charge is 2.01. The minimum atomic E-state index is -0.00861. The van der Waals surface area contributed by atoms with Crippen LogP contribution in [0, 0.1) is 0 Å². The van der Waals surface area contributed by atoms with Crippen LogP contribution in [0.1, 0.15) is 12.8 Å². The number of nitrogens with two attached hydrogens (primary N) is 2. The molecule has 0 aliphatic heterocycles. The molecule has 0 amide bonds. The Bertz CT molecular complexity index is 300. The van der Waals surface area contributed by atoms with Crippen LogP contribution in [0.4, 0.5) is 0 Å². The standard InChI is InChI=1S/C6H9N5O/c1-4(10-6(7)11-8)5-9-2-3-12-5/h2-3H,8H2,1H3,(H2,7,11). The number of oxazole rings is 1. The molecular weight excluding hydrogens is 158 g/mol. The van der Waals surface area contributed by atoms with Gasteiger partial charge in [0, 0.05) is 0 Å². The molecule has 6 nitrogen and oxygen atoms in total. The highest BCUT2D eigenvalue weighted by Crippen LogP contribution is 1.96. The number of nitrogens with zero attached hydrogens (tertiary/aromatic N) is 3. The van der Waals surface area contributed by atoms with E-state index in [9.17, 15) is 0 Å². The van der Waals surface area contributed by atoms with Crippen molar-refractivity contribution in [3.63, 3.8) is 0 Å². The maximum Gasteiger partial charge on any atom is 0.240 e. The molecule has 0 spiro atoms. The summed E-state index contributed by atoms with van der Waals surface area (Å²) in [5.74, 6) is 5.27. The molecule has 0 aliphatic rings. The molecular formula is C6H9N5O. The summed E-state index contributed by atoms with van der Waals surface area (Å²) in [5, 5.41) is 3.18. The third kappa shape index (κ3) is 1.82. The van der Waals surface area contributed by atoms with Crippen molar-refractivity contribution in [2.45, 2.75) is 6.92 Å². The van der Waals surface area contributed by atoms with Gasteiger partial charge in [0.25, 0.3) is 0 Å². The van der Waals surface area contributed by atoms with Gasteiger partial charge in [-0.3, -0.25) is 0 Å². The van der Waals surface area contributed by atoms with Gasteiger partial charge in [0.1, 0.15) is 12.0 Å². The van der Waals surface area contributed by atoms with Gasteiger partial charge in [-0.05, 0) is 6.92 Å². The van der Waals surface area contributed by atoms with E-state index in [1.807, 2.05) is 0 Å². The van der Waals surface area contributed by atoms with Crippen LogP contribution in [0.15, 0.2) is 27.0 Å². The van der Waals surface area contributed by atoms with E-state index in [1.54, 1.807) is 6.92 Å². The summed E-state index contributed by atoms with van der Waals surface area (Å²) in [6.45, 7) is 1.70. The summed E-state index contributed by atoms with van der Waals surface area (Å²) in [4.78, 5) is 7.66. The molecule has 0 radical (unpaired) electrons. The van der Waals surface area contributed by atoms with Crippen molar-refractivity contribution < 1.29 is 4.42 Å². The summed E-state index contributed by atoms with van der Waals surface area (Å²) in [7, 11) is 0. The first-order valence-electron chi connectivity index (χ1n) is 3.22. The highest BCUT2D eigenvalue weighted by atomic mass is 16.3. The second-order valence-electron chi connectivity index (χ2n) is 2.02. The first kappa shape index (κ1) is 8.25. The summed E-state index contributed by atoms with van der Waals surface area (Å²) >= 11 is 0. The maximum absolute atomic E-state index is 5.25. The molecule has 4 N–H and O–H groups in total. The van der Waals surface area contributed by atoms with Gasteiger partial charge in [-0.2, -0.15) is 0 Å². The van der Waals surface area contributed by atoms with E-state index in [4.69, 9.17) is 16.0 Å². The lowest BCUT2D eigenvalue weighted by Crippen LogP contribution is -2.13. The Morgan fingerprint density at radius 1 is 1.67 bits per heavy atom. The number of hydrazone groups is 1. The molecule has 0 atom stereocenters. The van der Waals surface area contributed by atoms with E-state index >= 15 is 0 Å². The topological polar surface area (TPSA) is 103 Å². The van der Waals surface area contributed by atoms with Crippen molar-refractivity contribution in [1.82, 2.24) is 4.98 Å². The van der Waals surface area contributed by atoms with E-state index in [2.05, 4.69) is 15.1 Å². The number of rotatable bonds is 1. The van der Waals surface area contributed by atoms with Gasteiger partial charge in [0.15, 0.2) is 0 Å². The lowest BCUT2D eigenvalue weighted by molar-refractivity contribution is 0.547. The zero-order valence-electron chi connectivity index (χ0n) is 6.56. The van der Waals surface area contributed by atoms with E-state index in [0.29, 0.717) is 11.6 Å². The van der Waals surface area contributed by atoms with Crippen molar-refractivity contribution in [2.24, 2.45) is 21.7 Å². The number of hydrogen-bond donors (Lipinski definition) is 2. The van der Waals surface area contributed by atoms with E-state index in [0.717, 1.165) is 0 Å². The van der Waals surface area contributed by atoms with Gasteiger partial charge in [0.2, 0.25) is 11.9 Å². The van der Waals surface area contributed by atoms with Crippen LogP contribution in [-0.4, -0.2) is 16.7 Å². The Balaban J connectivity index is 2.85. The Morgan fingerprint density at radius 3 is 2.92 bits per heavy atom. The zero-order chi connectivity index (χ0) is 8.97. The molecule has 0 bridgehead atoms. The number of guanidine groups is 1. The fourth-order valence-electron chi connectivity index (χ4n) is 0.651. The van der Waals surface area contributed by atoms with Crippen molar-refractivity contribution in [3.05, 3.63) is 18.4 Å². The molecule has 0 saturated heterocycles. The number of aliphatic imine (C=N–C) groups is 1. The van der Waals surface area contributed by atoms with Crippen LogP contribution in [0.25, 0.3) is 0 Å². The van der Waals surface area contributed by atoms with Crippen molar-refractivity contribution in [3.8, 4) is 0 Å². The van der Waals surface area contributed by atoms with Crippen molar-refractivity contribution in [2.75, 3.05) is 0 Å². The zero-order valence-corrected chi connectivity index (χ0v) is 6.56. The Labute approximate surface area is 69.0 Å². The first-order chi connectivity index (χ1) is 5.74. The van der Waals surface area contributed by atoms with Crippen LogP contribution in [0.3, 0.4) is 0 Å². The van der Waals surface area contributed by atoms with E-state index < -0.39 is 0 Å². The second kappa shape index (κ2) is 3.51. The summed E-state index contributed by atoms with van der Waals surface area (Å²) in [6, 6.07) is 0. The quantitative estimate of drug-likeness (QED) is 0.259. The second-order valence-corrected chi connectivity index (χ2v) is 2.02. The third-order valence-corrected chi connectivity index (χ3v) is 1.16. The van der Waals surface area contributed by atoms with E-state index in [1.165, 1.54) is 12.5 Å². The Kier molecular flexibility index (Phi) is 2.42. The van der Waals surface area contributed by atoms with Gasteiger partial charge < -0.3 is 16.0 Å². The molecule has 1 aromatic heterocycles. The van der Waals surface area contributed by atoms with Crippen molar-refractivity contribution in [1.29, 1.82) is 0 Å². The Morgan fingerprint density at radius 2 is 2.42 bits per heavy atom. The summed E-state index contributed by atoms with van der Waals surface area (Å²) < 4.78 is 4.95. The SMILES string of the molecule is CC(=N/C(N)=N\N)c1ncco1. The predicted octanol–water partition coefficient (Wildman–Crippen LogP) is -0.328. The van der Waals surface area contributed by atoms with Crippen LogP contribution < -0.4 is 11.6 Å². The van der Waals surface area contributed by atoms with E-state index in [-0.39, 0.29) is 5.96 Å². The fourth-order valence-corrected chi connectivity index (χ4v) is 0.651. The lowest BCUT2D eigenvalue weighted by atomic mass is 10.4. The molecule has 0 fully saturated rings. The van der Waals surface area contributed by atoms with Crippen LogP contribution >= 0.6 is 0 Å². The fraction of sp³-hybridized carbons (Fsp3) is 0.167. The lowest BCUT2D eigenvalue weighted by Gasteiger charge is -1.92. The van der Waals surface area contributed by atoms with Gasteiger partial charge in [-0.15, -0.1) is 5.10 Å². The third-order valence-electron chi connectivity index (χ3n) is 1.16. The molecule has 1 aromatic rings. The van der Waals surface area contributed by atoms with Gasteiger partial charge in [-0.25, -0.2) is 9.98 Å². The molecule has 64 valence electrons. The average Bonchev–Trinajstić information content (AvgIpc) is 2.56. The number of aromatic nitrogens is 1. The largest absolute Gasteiger partial charge is 0.444 e. The maximum atomic E-state index is 5.25. The minimum absolute atomic E-state index is 0.00861. The predicted molar refractivity (Wildman–Crippen MR) is 44.5 cm³/mol. The summed E-state index contributed by atoms with van der Waals surface area (Å²) in [6.07, 6.45) is 2.97. The van der Waals surface area contributed by atoms with Crippen LogP contribution in [0.5, 0.6) is 0 Å². The Hall–Kier alpha value is -1.85. The summed E-state index contributed by atoms with van der Waals surface area (Å²) in [5.41, 5.74) is 5.78. The molecule has 0 unspecified atom stereocenters. The normalized spacial score (nSPS) is 13.4. The molecule has 0 aliphatic carbocycles. The molecule has 0 aromatic carbocycles. The minimum Gasteiger partial charge on any atom is -0.444 e. The smallest absolute Gasteiger partial charge is 0.240 e. The van der Waals surface area contributed by atoms with Gasteiger partial charge >= 0.3 is 0 Å². The first-order valence-corrected chi connectivity index (χ1v) is 3.22. The molecule has 0 saturated carbocycles. The van der Waals surface area contributed by atoms with Crippen LogP contribution in [-0.2, 0) is 0 Å². The van der Waals surface area contributed by atoms with Gasteiger partial charge in [0.05, 0.1) is 6.20 Å². The van der Waals surface area contributed by atoms with Crippen molar-refractivity contribution >= 4 is 11.7 Å². The molecule has 1 rings (SSSR count). The monoisotopic (exact) mass is 167 g/mol. The average molecular weight is 167 g/mol. The van der Waals surface area contributed by atoms with Gasteiger partial charge in [-0.1, -0.05) is 0 Å². The molecule has 6 heteroatoms. The number of hydrogen-bond acceptors (Lipinski definition) is 4. The highest BCUT2D eigenvalue weighted by molar-refractivity contribution is 6.02. The molecule has 12 heavy (non-hydrogen) atoms. The van der Waals surface area contributed by atoms with Crippen LogP contribution in [0.2, 0.25) is 0 Å². The molecule has 1 heterocycles.